The van der Waals surface area contributed by atoms with E-state index < -0.39 is 0 Å². The van der Waals surface area contributed by atoms with E-state index in [1.165, 1.54) is 4.68 Å². The van der Waals surface area contributed by atoms with Crippen LogP contribution in [0.25, 0.3) is 0 Å². The van der Waals surface area contributed by atoms with E-state index in [4.69, 9.17) is 0 Å². The molecule has 3 rings (SSSR count). The van der Waals surface area contributed by atoms with Crippen LogP contribution >= 0.6 is 0 Å². The Balaban J connectivity index is 1.54. The Labute approximate surface area is 136 Å². The molecule has 2 aliphatic rings. The standard InChI is InChI=1S/C16H25N5O2/c1-12-10-21(16(23)9-17-12)11-13-5-7-20(8-6-13)14-3-4-15(22)19(2)18-14/h3-4,12-13,17H,5-11H2,1-2H3/t12-/m0/s1. The molecule has 2 aliphatic heterocycles. The van der Waals surface area contributed by atoms with Gasteiger partial charge >= 0.3 is 0 Å². The molecule has 0 aromatic carbocycles. The van der Waals surface area contributed by atoms with Gasteiger partial charge in [0.15, 0.2) is 0 Å². The number of nitrogens with one attached hydrogen (secondary N) is 1. The van der Waals surface area contributed by atoms with Gasteiger partial charge in [0.05, 0.1) is 6.54 Å². The molecular weight excluding hydrogens is 294 g/mol. The van der Waals surface area contributed by atoms with E-state index in [-0.39, 0.29) is 11.5 Å². The third kappa shape index (κ3) is 3.72. The average molecular weight is 319 g/mol. The second-order valence-electron chi connectivity index (χ2n) is 6.66. The fourth-order valence-corrected chi connectivity index (χ4v) is 3.36. The molecule has 3 heterocycles. The first-order chi connectivity index (χ1) is 11.0. The summed E-state index contributed by atoms with van der Waals surface area (Å²) in [6.07, 6.45) is 2.10. The maximum Gasteiger partial charge on any atom is 0.266 e. The van der Waals surface area contributed by atoms with Crippen LogP contribution in [0.5, 0.6) is 0 Å². The summed E-state index contributed by atoms with van der Waals surface area (Å²) in [7, 11) is 1.68. The molecule has 1 atom stereocenters. The van der Waals surface area contributed by atoms with Gasteiger partial charge in [-0.3, -0.25) is 9.59 Å². The fourth-order valence-electron chi connectivity index (χ4n) is 3.36. The first-order valence-electron chi connectivity index (χ1n) is 8.33. The summed E-state index contributed by atoms with van der Waals surface area (Å²) in [4.78, 5) is 27.6. The maximum atomic E-state index is 12.0. The van der Waals surface area contributed by atoms with Crippen molar-refractivity contribution in [3.63, 3.8) is 0 Å². The predicted molar refractivity (Wildman–Crippen MR) is 88.5 cm³/mol. The highest BCUT2D eigenvalue weighted by Gasteiger charge is 2.27. The first kappa shape index (κ1) is 16.0. The highest BCUT2D eigenvalue weighted by molar-refractivity contribution is 5.79. The van der Waals surface area contributed by atoms with Crippen molar-refractivity contribution in [2.24, 2.45) is 13.0 Å². The quantitative estimate of drug-likeness (QED) is 0.837. The van der Waals surface area contributed by atoms with E-state index in [0.29, 0.717) is 18.5 Å². The topological polar surface area (TPSA) is 70.5 Å². The Bertz CT molecular complexity index is 621. The van der Waals surface area contributed by atoms with E-state index in [1.54, 1.807) is 19.2 Å². The molecule has 0 saturated carbocycles. The number of piperazine rings is 1. The van der Waals surface area contributed by atoms with Gasteiger partial charge in [0.1, 0.15) is 5.82 Å². The normalized spacial score (nSPS) is 23.4. The summed E-state index contributed by atoms with van der Waals surface area (Å²) in [5.74, 6) is 1.62. The second kappa shape index (κ2) is 6.70. The molecule has 1 N–H and O–H groups in total. The Morgan fingerprint density at radius 2 is 2.00 bits per heavy atom. The molecule has 0 spiro atoms. The number of anilines is 1. The number of piperidine rings is 1. The number of carbonyl (C=O) groups excluding carboxylic acids is 1. The second-order valence-corrected chi connectivity index (χ2v) is 6.66. The average Bonchev–Trinajstić information content (AvgIpc) is 2.54. The zero-order valence-electron chi connectivity index (χ0n) is 13.9. The smallest absolute Gasteiger partial charge is 0.266 e. The van der Waals surface area contributed by atoms with Crippen molar-refractivity contribution in [3.8, 4) is 0 Å². The molecule has 2 fully saturated rings. The summed E-state index contributed by atoms with van der Waals surface area (Å²) in [6.45, 7) is 6.09. The van der Waals surface area contributed by atoms with Gasteiger partial charge in [-0.15, -0.1) is 0 Å². The zero-order chi connectivity index (χ0) is 16.4. The Morgan fingerprint density at radius 1 is 1.26 bits per heavy atom. The van der Waals surface area contributed by atoms with Crippen molar-refractivity contribution in [1.29, 1.82) is 0 Å². The monoisotopic (exact) mass is 319 g/mol. The molecule has 1 aromatic heterocycles. The molecule has 0 aliphatic carbocycles. The lowest BCUT2D eigenvalue weighted by Gasteiger charge is -2.38. The predicted octanol–water partition coefficient (Wildman–Crippen LogP) is -0.183. The van der Waals surface area contributed by atoms with E-state index in [1.807, 2.05) is 4.90 Å². The fraction of sp³-hybridized carbons (Fsp3) is 0.688. The summed E-state index contributed by atoms with van der Waals surface area (Å²) >= 11 is 0. The van der Waals surface area contributed by atoms with Crippen molar-refractivity contribution >= 4 is 11.7 Å². The van der Waals surface area contributed by atoms with Gasteiger partial charge in [-0.05, 0) is 31.7 Å². The van der Waals surface area contributed by atoms with Crippen LogP contribution in [0.15, 0.2) is 16.9 Å². The van der Waals surface area contributed by atoms with Crippen LogP contribution < -0.4 is 15.8 Å². The number of amides is 1. The van der Waals surface area contributed by atoms with Crippen LogP contribution in [0.1, 0.15) is 19.8 Å². The van der Waals surface area contributed by atoms with Gasteiger partial charge < -0.3 is 15.1 Å². The lowest BCUT2D eigenvalue weighted by atomic mass is 9.95. The Morgan fingerprint density at radius 3 is 2.70 bits per heavy atom. The molecule has 2 saturated heterocycles. The van der Waals surface area contributed by atoms with Crippen LogP contribution in [0.4, 0.5) is 5.82 Å². The number of hydrogen-bond acceptors (Lipinski definition) is 5. The molecule has 0 radical (unpaired) electrons. The molecule has 23 heavy (non-hydrogen) atoms. The minimum atomic E-state index is -0.0880. The highest BCUT2D eigenvalue weighted by Crippen LogP contribution is 2.22. The van der Waals surface area contributed by atoms with Gasteiger partial charge in [0.2, 0.25) is 5.91 Å². The minimum absolute atomic E-state index is 0.0880. The number of rotatable bonds is 3. The summed E-state index contributed by atoms with van der Waals surface area (Å²) in [5.41, 5.74) is -0.0880. The summed E-state index contributed by atoms with van der Waals surface area (Å²) in [5, 5.41) is 7.52. The van der Waals surface area contributed by atoms with Gasteiger partial charge in [-0.2, -0.15) is 5.10 Å². The van der Waals surface area contributed by atoms with Crippen LogP contribution in [0.2, 0.25) is 0 Å². The van der Waals surface area contributed by atoms with E-state index in [0.717, 1.165) is 44.8 Å². The van der Waals surface area contributed by atoms with Crippen molar-refractivity contribution in [2.75, 3.05) is 37.6 Å². The SMILES string of the molecule is C[C@H]1CN(CC2CCN(c3ccc(=O)n(C)n3)CC2)C(=O)CN1. The maximum absolute atomic E-state index is 12.0. The van der Waals surface area contributed by atoms with Crippen LogP contribution in [-0.2, 0) is 11.8 Å². The molecule has 126 valence electrons. The molecular formula is C16H25N5O2. The summed E-state index contributed by atoms with van der Waals surface area (Å²) in [6, 6.07) is 3.74. The van der Waals surface area contributed by atoms with Crippen molar-refractivity contribution < 1.29 is 4.79 Å². The van der Waals surface area contributed by atoms with Crippen LogP contribution in [0, 0.1) is 5.92 Å². The Hall–Kier alpha value is -1.89. The van der Waals surface area contributed by atoms with Gasteiger partial charge in [0, 0.05) is 45.3 Å². The molecule has 1 amide bonds. The van der Waals surface area contributed by atoms with E-state index in [2.05, 4.69) is 22.2 Å². The van der Waals surface area contributed by atoms with Crippen molar-refractivity contribution in [3.05, 3.63) is 22.5 Å². The van der Waals surface area contributed by atoms with Crippen molar-refractivity contribution in [1.82, 2.24) is 20.0 Å². The molecule has 7 heteroatoms. The Kier molecular flexibility index (Phi) is 4.66. The van der Waals surface area contributed by atoms with E-state index in [9.17, 15) is 9.59 Å². The van der Waals surface area contributed by atoms with Crippen LogP contribution in [0.3, 0.4) is 0 Å². The lowest BCUT2D eigenvalue weighted by molar-refractivity contribution is -0.133. The first-order valence-corrected chi connectivity index (χ1v) is 8.33. The van der Waals surface area contributed by atoms with Crippen LogP contribution in [-0.4, -0.2) is 59.4 Å². The lowest BCUT2D eigenvalue weighted by Crippen LogP contribution is -2.54. The largest absolute Gasteiger partial charge is 0.355 e. The van der Waals surface area contributed by atoms with Crippen molar-refractivity contribution in [2.45, 2.75) is 25.8 Å². The molecule has 7 nitrogen and oxygen atoms in total. The number of hydrogen-bond donors (Lipinski definition) is 1. The molecule has 0 bridgehead atoms. The van der Waals surface area contributed by atoms with Gasteiger partial charge in [0.25, 0.3) is 5.56 Å². The van der Waals surface area contributed by atoms with Gasteiger partial charge in [-0.25, -0.2) is 4.68 Å². The van der Waals surface area contributed by atoms with Gasteiger partial charge in [-0.1, -0.05) is 0 Å². The third-order valence-electron chi connectivity index (χ3n) is 4.81. The van der Waals surface area contributed by atoms with E-state index >= 15 is 0 Å². The molecule has 1 aromatic rings. The zero-order valence-corrected chi connectivity index (χ0v) is 13.9. The third-order valence-corrected chi connectivity index (χ3v) is 4.81. The highest BCUT2D eigenvalue weighted by atomic mass is 16.2. The number of carbonyl (C=O) groups is 1. The molecule has 0 unspecified atom stereocenters. The number of nitrogens with zero attached hydrogens (tertiary/aromatic N) is 4. The minimum Gasteiger partial charge on any atom is -0.355 e. The number of aryl methyl sites for hydroxylation is 1. The number of aromatic nitrogens is 2. The summed E-state index contributed by atoms with van der Waals surface area (Å²) < 4.78 is 1.38.